The van der Waals surface area contributed by atoms with Crippen molar-refractivity contribution in [1.82, 2.24) is 5.32 Å². The highest BCUT2D eigenvalue weighted by molar-refractivity contribution is 8.13. The zero-order valence-corrected chi connectivity index (χ0v) is 11.0. The second-order valence-corrected chi connectivity index (χ2v) is 6.28. The minimum absolute atomic E-state index is 0.741. The highest BCUT2D eigenvalue weighted by Gasteiger charge is 2.31. The molecule has 1 aliphatic carbocycles. The Kier molecular flexibility index (Phi) is 4.69. The Morgan fingerprint density at radius 1 is 1.53 bits per heavy atom. The van der Waals surface area contributed by atoms with Crippen LogP contribution in [0.4, 0.5) is 0 Å². The molecule has 1 N–H and O–H groups in total. The monoisotopic (exact) mass is 244 g/mol. The lowest BCUT2D eigenvalue weighted by molar-refractivity contribution is 0.489. The molecule has 1 saturated heterocycles. The minimum Gasteiger partial charge on any atom is -0.362 e. The molecule has 0 spiro atoms. The topological polar surface area (TPSA) is 24.4 Å². The molecule has 2 rings (SSSR count). The average molecular weight is 244 g/mol. The summed E-state index contributed by atoms with van der Waals surface area (Å²) in [5, 5.41) is 4.81. The van der Waals surface area contributed by atoms with E-state index in [4.69, 9.17) is 0 Å². The fourth-order valence-electron chi connectivity index (χ4n) is 2.29. The van der Waals surface area contributed by atoms with Gasteiger partial charge >= 0.3 is 0 Å². The van der Waals surface area contributed by atoms with Crippen LogP contribution in [-0.4, -0.2) is 35.5 Å². The number of hydrogen-bond donors (Lipinski definition) is 1. The third kappa shape index (κ3) is 3.31. The summed E-state index contributed by atoms with van der Waals surface area (Å²) in [6.07, 6.45) is 7.55. The first kappa shape index (κ1) is 11.6. The summed E-state index contributed by atoms with van der Waals surface area (Å²) in [5.41, 5.74) is 0. The van der Waals surface area contributed by atoms with Gasteiger partial charge in [0.15, 0.2) is 5.17 Å². The van der Waals surface area contributed by atoms with Crippen molar-refractivity contribution < 1.29 is 0 Å². The van der Waals surface area contributed by atoms with Gasteiger partial charge in [-0.2, -0.15) is 11.8 Å². The van der Waals surface area contributed by atoms with Gasteiger partial charge in [0.1, 0.15) is 0 Å². The molecule has 2 unspecified atom stereocenters. The van der Waals surface area contributed by atoms with Crippen LogP contribution < -0.4 is 5.32 Å². The highest BCUT2D eigenvalue weighted by Crippen LogP contribution is 2.32. The fraction of sp³-hybridized carbons (Fsp3) is 0.909. The summed E-state index contributed by atoms with van der Waals surface area (Å²) in [6, 6.07) is 0.741. The van der Waals surface area contributed by atoms with Crippen LogP contribution in [0.5, 0.6) is 0 Å². The number of thioether (sulfide) groups is 2. The first-order chi connectivity index (χ1) is 7.40. The summed E-state index contributed by atoms with van der Waals surface area (Å²) in [7, 11) is 0. The molecule has 0 aromatic heterocycles. The lowest BCUT2D eigenvalue weighted by atomic mass is 10.1. The summed E-state index contributed by atoms with van der Waals surface area (Å²) >= 11 is 3.84. The predicted octanol–water partition coefficient (Wildman–Crippen LogP) is 2.60. The molecule has 86 valence electrons. The summed E-state index contributed by atoms with van der Waals surface area (Å²) in [6.45, 7) is 0.994. The second-order valence-electron chi connectivity index (χ2n) is 4.29. The molecule has 2 nitrogen and oxygen atoms in total. The molecule has 2 atom stereocenters. The van der Waals surface area contributed by atoms with E-state index in [-0.39, 0.29) is 0 Å². The molecule has 1 heterocycles. The number of hydrogen-bond acceptors (Lipinski definition) is 3. The minimum atomic E-state index is 0.741. The Morgan fingerprint density at radius 2 is 2.47 bits per heavy atom. The quantitative estimate of drug-likeness (QED) is 0.769. The van der Waals surface area contributed by atoms with Gasteiger partial charge in [0.25, 0.3) is 0 Å². The maximum atomic E-state index is 4.64. The molecule has 2 aliphatic rings. The van der Waals surface area contributed by atoms with Gasteiger partial charge in [-0.1, -0.05) is 18.2 Å². The largest absolute Gasteiger partial charge is 0.362 e. The number of nitrogens with one attached hydrogen (secondary N) is 1. The van der Waals surface area contributed by atoms with Crippen molar-refractivity contribution in [3.63, 3.8) is 0 Å². The van der Waals surface area contributed by atoms with E-state index in [1.165, 1.54) is 42.4 Å². The molecule has 2 fully saturated rings. The lowest BCUT2D eigenvalue weighted by Gasteiger charge is -2.28. The van der Waals surface area contributed by atoms with Gasteiger partial charge in [-0.15, -0.1) is 0 Å². The predicted molar refractivity (Wildman–Crippen MR) is 72.0 cm³/mol. The Labute approximate surface area is 101 Å². The molecule has 4 heteroatoms. The molecular weight excluding hydrogens is 224 g/mol. The zero-order valence-electron chi connectivity index (χ0n) is 9.37. The van der Waals surface area contributed by atoms with E-state index < -0.39 is 0 Å². The number of fused-ring (bicyclic) bond motifs is 1. The van der Waals surface area contributed by atoms with Gasteiger partial charge in [0.2, 0.25) is 0 Å². The van der Waals surface area contributed by atoms with Crippen LogP contribution in [0, 0.1) is 5.92 Å². The van der Waals surface area contributed by atoms with Crippen LogP contribution in [0.15, 0.2) is 4.99 Å². The van der Waals surface area contributed by atoms with Crippen molar-refractivity contribution in [2.75, 3.05) is 24.3 Å². The zero-order chi connectivity index (χ0) is 10.5. The molecule has 1 aliphatic heterocycles. The van der Waals surface area contributed by atoms with Crippen LogP contribution in [0.2, 0.25) is 0 Å². The van der Waals surface area contributed by atoms with E-state index in [9.17, 15) is 0 Å². The van der Waals surface area contributed by atoms with Gasteiger partial charge in [0, 0.05) is 18.3 Å². The Bertz CT molecular complexity index is 231. The van der Waals surface area contributed by atoms with Crippen molar-refractivity contribution in [3.05, 3.63) is 0 Å². The smallest absolute Gasteiger partial charge is 0.156 e. The molecule has 0 bridgehead atoms. The average Bonchev–Trinajstić information content (AvgIpc) is 2.71. The summed E-state index contributed by atoms with van der Waals surface area (Å²) in [4.78, 5) is 4.64. The van der Waals surface area contributed by atoms with E-state index >= 15 is 0 Å². The van der Waals surface area contributed by atoms with Crippen molar-refractivity contribution >= 4 is 28.7 Å². The van der Waals surface area contributed by atoms with Gasteiger partial charge in [-0.3, -0.25) is 4.99 Å². The lowest BCUT2D eigenvalue weighted by Crippen LogP contribution is -2.41. The summed E-state index contributed by atoms with van der Waals surface area (Å²) < 4.78 is 0. The molecule has 0 aromatic rings. The number of rotatable bonds is 4. The maximum absolute atomic E-state index is 4.64. The highest BCUT2D eigenvalue weighted by atomic mass is 32.2. The summed E-state index contributed by atoms with van der Waals surface area (Å²) in [5.74, 6) is 3.44. The standard InChI is InChI=1S/C11H20N2S2/c1-14-7-3-6-12-11-13-10-5-2-4-9(10)8-15-11/h9-10H,2-8H2,1H3,(H,12,13). The van der Waals surface area contributed by atoms with Crippen molar-refractivity contribution in [3.8, 4) is 0 Å². The van der Waals surface area contributed by atoms with E-state index in [1.54, 1.807) is 0 Å². The molecule has 0 amide bonds. The van der Waals surface area contributed by atoms with E-state index in [0.29, 0.717) is 0 Å². The maximum Gasteiger partial charge on any atom is 0.156 e. The van der Waals surface area contributed by atoms with Crippen molar-refractivity contribution in [1.29, 1.82) is 0 Å². The van der Waals surface area contributed by atoms with Crippen molar-refractivity contribution in [2.45, 2.75) is 31.7 Å². The molecule has 1 saturated carbocycles. The van der Waals surface area contributed by atoms with Gasteiger partial charge < -0.3 is 5.32 Å². The molecule has 15 heavy (non-hydrogen) atoms. The van der Waals surface area contributed by atoms with Crippen LogP contribution in [0.25, 0.3) is 0 Å². The van der Waals surface area contributed by atoms with E-state index in [1.807, 2.05) is 23.5 Å². The van der Waals surface area contributed by atoms with Crippen LogP contribution in [-0.2, 0) is 0 Å². The molecule has 0 radical (unpaired) electrons. The van der Waals surface area contributed by atoms with Gasteiger partial charge in [-0.25, -0.2) is 0 Å². The Morgan fingerprint density at radius 3 is 3.33 bits per heavy atom. The van der Waals surface area contributed by atoms with E-state index in [0.717, 1.165) is 18.5 Å². The van der Waals surface area contributed by atoms with Gasteiger partial charge in [0.05, 0.1) is 0 Å². The van der Waals surface area contributed by atoms with E-state index in [2.05, 4.69) is 16.6 Å². The second kappa shape index (κ2) is 6.04. The Hall–Kier alpha value is 0.170. The van der Waals surface area contributed by atoms with Gasteiger partial charge in [-0.05, 0) is 37.2 Å². The fourth-order valence-corrected chi connectivity index (χ4v) is 3.90. The van der Waals surface area contributed by atoms with Crippen LogP contribution in [0.1, 0.15) is 25.7 Å². The normalized spacial score (nSPS) is 32.7. The molecule has 0 aromatic carbocycles. The molecular formula is C11H20N2S2. The SMILES string of the molecule is CSCCCN=C1NC2CCCC2CS1. The Balaban J connectivity index is 1.74. The van der Waals surface area contributed by atoms with Crippen molar-refractivity contribution in [2.24, 2.45) is 10.9 Å². The first-order valence-corrected chi connectivity index (χ1v) is 8.21. The number of aliphatic imine (C=N–C) groups is 1. The number of nitrogens with zero attached hydrogens (tertiary/aromatic N) is 1. The van der Waals surface area contributed by atoms with Crippen LogP contribution in [0.3, 0.4) is 0 Å². The van der Waals surface area contributed by atoms with Crippen LogP contribution >= 0.6 is 23.5 Å². The third-order valence-corrected chi connectivity index (χ3v) is 4.98. The third-order valence-electron chi connectivity index (χ3n) is 3.16. The number of amidine groups is 1. The first-order valence-electron chi connectivity index (χ1n) is 5.83.